The summed E-state index contributed by atoms with van der Waals surface area (Å²) in [6, 6.07) is -1.48. The molecular weight excluding hydrogens is 266 g/mol. The number of rotatable bonds is 3. The molecule has 0 aromatic heterocycles. The Morgan fingerprint density at radius 2 is 2.00 bits per heavy atom. The van der Waals surface area contributed by atoms with E-state index in [9.17, 15) is 27.2 Å². The molecule has 0 saturated carbocycles. The molecule has 0 bridgehead atoms. The van der Waals surface area contributed by atoms with Crippen LogP contribution in [0, 0.1) is 0 Å². The van der Waals surface area contributed by atoms with E-state index in [1.54, 1.807) is 0 Å². The van der Waals surface area contributed by atoms with Gasteiger partial charge in [-0.15, -0.1) is 0 Å². The smallest absolute Gasteiger partial charge is 0.383 e. The van der Waals surface area contributed by atoms with Crippen molar-refractivity contribution in [3.8, 4) is 0 Å². The Balaban J connectivity index is 2.89. The Morgan fingerprint density at radius 3 is 2.47 bits per heavy atom. The number of alkyl halides is 4. The molecule has 98 valence electrons. The molecule has 1 N–H and O–H groups in total. The fraction of sp³-hybridized carbons (Fsp3) is 0.750. The number of carbonyl (C=O) groups excluding carboxylic acids is 1. The van der Waals surface area contributed by atoms with Gasteiger partial charge in [0.25, 0.3) is 5.91 Å². The first kappa shape index (κ1) is 14.1. The van der Waals surface area contributed by atoms with Crippen molar-refractivity contribution in [1.82, 2.24) is 4.90 Å². The summed E-state index contributed by atoms with van der Waals surface area (Å²) in [6.07, 6.45) is -4.14. The predicted molar refractivity (Wildman–Crippen MR) is 51.4 cm³/mol. The highest BCUT2D eigenvalue weighted by Crippen LogP contribution is 2.28. The maximum atomic E-state index is 12.8. The van der Waals surface area contributed by atoms with Gasteiger partial charge in [-0.25, -0.2) is 13.6 Å². The van der Waals surface area contributed by atoms with E-state index in [1.165, 1.54) is 0 Å². The lowest BCUT2D eigenvalue weighted by Crippen LogP contribution is -2.57. The number of thioether (sulfide) groups is 1. The van der Waals surface area contributed by atoms with Crippen LogP contribution in [0.1, 0.15) is 0 Å². The molecule has 9 heteroatoms. The van der Waals surface area contributed by atoms with Gasteiger partial charge < -0.3 is 10.0 Å². The molecule has 1 saturated heterocycles. The second-order valence-electron chi connectivity index (χ2n) is 3.35. The Morgan fingerprint density at radius 1 is 1.41 bits per heavy atom. The van der Waals surface area contributed by atoms with E-state index in [-0.39, 0.29) is 18.1 Å². The molecule has 17 heavy (non-hydrogen) atoms. The average Bonchev–Trinajstić information content (AvgIpc) is 2.27. The van der Waals surface area contributed by atoms with Gasteiger partial charge in [0.15, 0.2) is 0 Å². The van der Waals surface area contributed by atoms with Gasteiger partial charge in [0.2, 0.25) is 0 Å². The van der Waals surface area contributed by atoms with Crippen molar-refractivity contribution in [3.05, 3.63) is 0 Å². The molecule has 1 amide bonds. The number of hydrogen-bond acceptors (Lipinski definition) is 3. The Labute approximate surface area is 98.0 Å². The van der Waals surface area contributed by atoms with Crippen molar-refractivity contribution >= 4 is 23.6 Å². The highest BCUT2D eigenvalue weighted by molar-refractivity contribution is 7.99. The predicted octanol–water partition coefficient (Wildman–Crippen LogP) is 0.915. The molecule has 4 nitrogen and oxygen atoms in total. The minimum absolute atomic E-state index is 0.0829. The van der Waals surface area contributed by atoms with Crippen LogP contribution in [0.15, 0.2) is 0 Å². The zero-order chi connectivity index (χ0) is 13.2. The second kappa shape index (κ2) is 5.11. The quantitative estimate of drug-likeness (QED) is 0.778. The summed E-state index contributed by atoms with van der Waals surface area (Å²) in [6.45, 7) is -0.275. The maximum Gasteiger partial charge on any atom is 0.383 e. The molecule has 1 atom stereocenters. The maximum absolute atomic E-state index is 12.8. The van der Waals surface area contributed by atoms with Gasteiger partial charge in [-0.2, -0.15) is 20.5 Å². The number of carbonyl (C=O) groups is 2. The summed E-state index contributed by atoms with van der Waals surface area (Å²) >= 11 is 1.16. The zero-order valence-corrected chi connectivity index (χ0v) is 9.22. The normalized spacial score (nSPS) is 21.7. The first-order valence-electron chi connectivity index (χ1n) is 4.56. The molecule has 1 aliphatic rings. The van der Waals surface area contributed by atoms with E-state index in [2.05, 4.69) is 0 Å². The minimum atomic E-state index is -4.84. The molecule has 1 rings (SSSR count). The monoisotopic (exact) mass is 275 g/mol. The van der Waals surface area contributed by atoms with E-state index < -0.39 is 30.3 Å². The van der Waals surface area contributed by atoms with E-state index in [0.29, 0.717) is 4.90 Å². The third-order valence-corrected chi connectivity index (χ3v) is 3.26. The van der Waals surface area contributed by atoms with Crippen molar-refractivity contribution in [2.24, 2.45) is 0 Å². The first-order valence-corrected chi connectivity index (χ1v) is 5.71. The highest BCUT2D eigenvalue weighted by Gasteiger charge is 2.53. The van der Waals surface area contributed by atoms with Crippen LogP contribution in [0.2, 0.25) is 0 Å². The lowest BCUT2D eigenvalue weighted by molar-refractivity contribution is -0.184. The van der Waals surface area contributed by atoms with Crippen LogP contribution in [-0.2, 0) is 9.59 Å². The summed E-state index contributed by atoms with van der Waals surface area (Å²) in [4.78, 5) is 22.2. The summed E-state index contributed by atoms with van der Waals surface area (Å²) in [5.74, 6) is -8.28. The van der Waals surface area contributed by atoms with Crippen molar-refractivity contribution in [2.45, 2.75) is 18.4 Å². The van der Waals surface area contributed by atoms with Gasteiger partial charge in [-0.05, 0) is 0 Å². The zero-order valence-electron chi connectivity index (χ0n) is 8.41. The number of nitrogens with zero attached hydrogens (tertiary/aromatic N) is 1. The van der Waals surface area contributed by atoms with Gasteiger partial charge in [-0.1, -0.05) is 0 Å². The molecule has 0 spiro atoms. The SMILES string of the molecule is O=C(O)C1CSCCN1C(=O)C(F)(F)C(F)F. The van der Waals surface area contributed by atoms with Crippen molar-refractivity contribution in [3.63, 3.8) is 0 Å². The van der Waals surface area contributed by atoms with Crippen molar-refractivity contribution in [1.29, 1.82) is 0 Å². The minimum Gasteiger partial charge on any atom is -0.480 e. The van der Waals surface area contributed by atoms with E-state index in [4.69, 9.17) is 5.11 Å². The fourth-order valence-corrected chi connectivity index (χ4v) is 2.37. The molecule has 0 radical (unpaired) electrons. The lowest BCUT2D eigenvalue weighted by atomic mass is 10.2. The Bertz CT molecular complexity index is 326. The Hall–Kier alpha value is -0.990. The van der Waals surface area contributed by atoms with Crippen LogP contribution in [0.25, 0.3) is 0 Å². The van der Waals surface area contributed by atoms with Crippen LogP contribution in [0.4, 0.5) is 17.6 Å². The molecule has 1 unspecified atom stereocenters. The largest absolute Gasteiger partial charge is 0.480 e. The number of halogens is 4. The first-order chi connectivity index (χ1) is 7.78. The standard InChI is InChI=1S/C8H9F4NO3S/c9-6(10)8(11,12)7(16)13-1-2-17-3-4(13)5(14)15/h4,6H,1-3H2,(H,14,15). The summed E-state index contributed by atoms with van der Waals surface area (Å²) in [5.41, 5.74) is 0. The number of carboxylic acids is 1. The van der Waals surface area contributed by atoms with Gasteiger partial charge in [0.1, 0.15) is 6.04 Å². The van der Waals surface area contributed by atoms with Crippen LogP contribution < -0.4 is 0 Å². The number of carboxylic acid groups (broad SMARTS) is 1. The van der Waals surface area contributed by atoms with E-state index >= 15 is 0 Å². The third kappa shape index (κ3) is 2.82. The average molecular weight is 275 g/mol. The Kier molecular flexibility index (Phi) is 4.23. The summed E-state index contributed by atoms with van der Waals surface area (Å²) < 4.78 is 49.6. The fourth-order valence-electron chi connectivity index (χ4n) is 1.34. The van der Waals surface area contributed by atoms with Crippen LogP contribution >= 0.6 is 11.8 Å². The molecule has 0 aliphatic carbocycles. The van der Waals surface area contributed by atoms with E-state index in [1.807, 2.05) is 0 Å². The molecular formula is C8H9F4NO3S. The van der Waals surface area contributed by atoms with Crippen LogP contribution in [0.5, 0.6) is 0 Å². The summed E-state index contributed by atoms with van der Waals surface area (Å²) in [7, 11) is 0. The van der Waals surface area contributed by atoms with Crippen LogP contribution in [-0.4, -0.2) is 58.3 Å². The van der Waals surface area contributed by atoms with Gasteiger partial charge in [0.05, 0.1) is 0 Å². The highest BCUT2D eigenvalue weighted by atomic mass is 32.2. The van der Waals surface area contributed by atoms with Crippen LogP contribution in [0.3, 0.4) is 0 Å². The molecule has 1 aliphatic heterocycles. The van der Waals surface area contributed by atoms with Gasteiger partial charge in [0, 0.05) is 18.1 Å². The van der Waals surface area contributed by atoms with Gasteiger partial charge in [-0.3, -0.25) is 4.79 Å². The number of aliphatic carboxylic acids is 1. The third-order valence-electron chi connectivity index (χ3n) is 2.23. The number of hydrogen-bond donors (Lipinski definition) is 1. The molecule has 1 heterocycles. The topological polar surface area (TPSA) is 57.6 Å². The molecule has 0 aromatic carbocycles. The lowest BCUT2D eigenvalue weighted by Gasteiger charge is -2.34. The second-order valence-corrected chi connectivity index (χ2v) is 4.50. The van der Waals surface area contributed by atoms with Crippen molar-refractivity contribution < 1.29 is 32.3 Å². The molecule has 1 fully saturated rings. The number of amides is 1. The van der Waals surface area contributed by atoms with Gasteiger partial charge >= 0.3 is 18.3 Å². The molecule has 0 aromatic rings. The van der Waals surface area contributed by atoms with Crippen molar-refractivity contribution in [2.75, 3.05) is 18.1 Å². The summed E-state index contributed by atoms with van der Waals surface area (Å²) in [5, 5.41) is 8.72. The van der Waals surface area contributed by atoms with E-state index in [0.717, 1.165) is 11.8 Å².